The Morgan fingerprint density at radius 1 is 1.42 bits per heavy atom. The minimum atomic E-state index is 0.506. The molecule has 0 unspecified atom stereocenters. The van der Waals surface area contributed by atoms with E-state index in [1.54, 1.807) is 0 Å². The molecule has 0 aromatic carbocycles. The number of nitrogens with one attached hydrogen (secondary N) is 1. The maximum absolute atomic E-state index is 4.54. The maximum Gasteiger partial charge on any atom is 0.140 e. The van der Waals surface area contributed by atoms with E-state index in [9.17, 15) is 0 Å². The van der Waals surface area contributed by atoms with Crippen LogP contribution in [0.4, 0.5) is 0 Å². The predicted molar refractivity (Wildman–Crippen MR) is 84.7 cm³/mol. The summed E-state index contributed by atoms with van der Waals surface area (Å²) in [6.45, 7) is 6.32. The van der Waals surface area contributed by atoms with Crippen molar-refractivity contribution in [1.82, 2.24) is 14.9 Å². The number of nitrogens with zero attached hydrogens (tertiary/aromatic N) is 2. The van der Waals surface area contributed by atoms with Crippen molar-refractivity contribution < 1.29 is 0 Å². The van der Waals surface area contributed by atoms with E-state index in [1.165, 1.54) is 23.1 Å². The van der Waals surface area contributed by atoms with Gasteiger partial charge in [0.05, 0.1) is 0 Å². The average Bonchev–Trinajstić information content (AvgIpc) is 2.76. The second-order valence-electron chi connectivity index (χ2n) is 5.10. The van der Waals surface area contributed by atoms with Crippen molar-refractivity contribution in [3.05, 3.63) is 30.1 Å². The standard InChI is InChI=1S/C15H23N3S/c1-12(2)17-10-13-11-18(8-5-9-19-3)15-14(13)6-4-7-16-15/h4,6-7,11-12,17H,5,8-10H2,1-3H3. The van der Waals surface area contributed by atoms with Gasteiger partial charge < -0.3 is 9.88 Å². The number of fused-ring (bicyclic) bond motifs is 1. The van der Waals surface area contributed by atoms with Gasteiger partial charge in [0.1, 0.15) is 5.65 Å². The molecule has 0 amide bonds. The van der Waals surface area contributed by atoms with Gasteiger partial charge in [-0.1, -0.05) is 13.8 Å². The van der Waals surface area contributed by atoms with Crippen LogP contribution in [0, 0.1) is 0 Å². The summed E-state index contributed by atoms with van der Waals surface area (Å²) in [5, 5.41) is 4.77. The normalized spacial score (nSPS) is 11.6. The lowest BCUT2D eigenvalue weighted by atomic mass is 10.2. The molecule has 0 bridgehead atoms. The second-order valence-corrected chi connectivity index (χ2v) is 6.09. The number of aryl methyl sites for hydroxylation is 1. The van der Waals surface area contributed by atoms with Crippen LogP contribution in [0.25, 0.3) is 11.0 Å². The molecule has 4 heteroatoms. The van der Waals surface area contributed by atoms with Crippen LogP contribution in [0.3, 0.4) is 0 Å². The lowest BCUT2D eigenvalue weighted by molar-refractivity contribution is 0.588. The van der Waals surface area contributed by atoms with E-state index in [4.69, 9.17) is 0 Å². The Balaban J connectivity index is 2.21. The highest BCUT2D eigenvalue weighted by Crippen LogP contribution is 2.20. The maximum atomic E-state index is 4.54. The SMILES string of the molecule is CSCCCn1cc(CNC(C)C)c2cccnc21. The molecule has 0 aliphatic rings. The summed E-state index contributed by atoms with van der Waals surface area (Å²) < 4.78 is 2.29. The first-order valence-electron chi connectivity index (χ1n) is 6.87. The Bertz CT molecular complexity index is 519. The van der Waals surface area contributed by atoms with E-state index in [0.717, 1.165) is 18.7 Å². The minimum absolute atomic E-state index is 0.506. The third-order valence-corrected chi connectivity index (χ3v) is 3.86. The Morgan fingerprint density at radius 2 is 2.26 bits per heavy atom. The molecule has 0 radical (unpaired) electrons. The van der Waals surface area contributed by atoms with Gasteiger partial charge in [0, 0.05) is 36.9 Å². The van der Waals surface area contributed by atoms with Gasteiger partial charge in [-0.05, 0) is 36.1 Å². The monoisotopic (exact) mass is 277 g/mol. The highest BCUT2D eigenvalue weighted by molar-refractivity contribution is 7.98. The zero-order valence-corrected chi connectivity index (χ0v) is 12.8. The molecular weight excluding hydrogens is 254 g/mol. The lowest BCUT2D eigenvalue weighted by Gasteiger charge is -2.06. The third kappa shape index (κ3) is 3.74. The Morgan fingerprint density at radius 3 is 3.00 bits per heavy atom. The van der Waals surface area contributed by atoms with Crippen molar-refractivity contribution in [2.45, 2.75) is 39.4 Å². The highest BCUT2D eigenvalue weighted by Gasteiger charge is 2.09. The smallest absolute Gasteiger partial charge is 0.140 e. The van der Waals surface area contributed by atoms with Crippen LogP contribution in [0.5, 0.6) is 0 Å². The van der Waals surface area contributed by atoms with E-state index >= 15 is 0 Å². The minimum Gasteiger partial charge on any atom is -0.332 e. The van der Waals surface area contributed by atoms with Crippen molar-refractivity contribution >= 4 is 22.8 Å². The number of hydrogen-bond acceptors (Lipinski definition) is 3. The van der Waals surface area contributed by atoms with E-state index < -0.39 is 0 Å². The van der Waals surface area contributed by atoms with Crippen molar-refractivity contribution in [2.75, 3.05) is 12.0 Å². The molecule has 3 nitrogen and oxygen atoms in total. The predicted octanol–water partition coefficient (Wildman–Crippen LogP) is 3.29. The zero-order valence-electron chi connectivity index (χ0n) is 12.0. The van der Waals surface area contributed by atoms with Crippen molar-refractivity contribution in [3.63, 3.8) is 0 Å². The molecule has 0 saturated heterocycles. The first-order valence-corrected chi connectivity index (χ1v) is 8.27. The summed E-state index contributed by atoms with van der Waals surface area (Å²) in [5.74, 6) is 1.20. The van der Waals surface area contributed by atoms with Crippen molar-refractivity contribution in [3.8, 4) is 0 Å². The molecule has 2 aromatic heterocycles. The Labute approximate surface area is 119 Å². The topological polar surface area (TPSA) is 29.9 Å². The van der Waals surface area contributed by atoms with E-state index in [1.807, 2.05) is 24.0 Å². The molecule has 19 heavy (non-hydrogen) atoms. The van der Waals surface area contributed by atoms with E-state index in [2.05, 4.69) is 47.2 Å². The number of thioether (sulfide) groups is 1. The fourth-order valence-corrected chi connectivity index (χ4v) is 2.62. The number of rotatable bonds is 7. The van der Waals surface area contributed by atoms with Gasteiger partial charge in [0.25, 0.3) is 0 Å². The van der Waals surface area contributed by atoms with Gasteiger partial charge in [0.15, 0.2) is 0 Å². The van der Waals surface area contributed by atoms with E-state index in [0.29, 0.717) is 6.04 Å². The molecule has 0 aliphatic heterocycles. The molecule has 0 fully saturated rings. The fraction of sp³-hybridized carbons (Fsp3) is 0.533. The van der Waals surface area contributed by atoms with E-state index in [-0.39, 0.29) is 0 Å². The molecule has 0 spiro atoms. The van der Waals surface area contributed by atoms with Crippen LogP contribution in [0.15, 0.2) is 24.5 Å². The second kappa shape index (κ2) is 6.96. The summed E-state index contributed by atoms with van der Waals surface area (Å²) in [5.41, 5.74) is 2.46. The molecule has 0 saturated carbocycles. The molecule has 2 rings (SSSR count). The highest BCUT2D eigenvalue weighted by atomic mass is 32.2. The molecule has 1 N–H and O–H groups in total. The van der Waals surface area contributed by atoms with Crippen molar-refractivity contribution in [1.29, 1.82) is 0 Å². The summed E-state index contributed by atoms with van der Waals surface area (Å²) in [6.07, 6.45) is 7.49. The molecule has 2 heterocycles. The largest absolute Gasteiger partial charge is 0.332 e. The van der Waals surface area contributed by atoms with Crippen molar-refractivity contribution in [2.24, 2.45) is 0 Å². The summed E-state index contributed by atoms with van der Waals surface area (Å²) >= 11 is 1.90. The molecule has 104 valence electrons. The summed E-state index contributed by atoms with van der Waals surface area (Å²) in [7, 11) is 0. The molecule has 0 atom stereocenters. The van der Waals surface area contributed by atoms with Gasteiger partial charge in [-0.2, -0.15) is 11.8 Å². The number of hydrogen-bond donors (Lipinski definition) is 1. The first kappa shape index (κ1) is 14.4. The van der Waals surface area contributed by atoms with Crippen LogP contribution in [0.2, 0.25) is 0 Å². The van der Waals surface area contributed by atoms with Gasteiger partial charge in [-0.25, -0.2) is 4.98 Å². The Kier molecular flexibility index (Phi) is 5.28. The quantitative estimate of drug-likeness (QED) is 0.788. The van der Waals surface area contributed by atoms with Crippen LogP contribution in [0.1, 0.15) is 25.8 Å². The van der Waals surface area contributed by atoms with Gasteiger partial charge >= 0.3 is 0 Å². The Hall–Kier alpha value is -1.00. The fourth-order valence-electron chi connectivity index (χ4n) is 2.20. The molecule has 2 aromatic rings. The van der Waals surface area contributed by atoms with Crippen LogP contribution in [-0.2, 0) is 13.1 Å². The van der Waals surface area contributed by atoms with Gasteiger partial charge in [0.2, 0.25) is 0 Å². The number of aromatic nitrogens is 2. The zero-order chi connectivity index (χ0) is 13.7. The van der Waals surface area contributed by atoms with Crippen LogP contribution < -0.4 is 5.32 Å². The van der Waals surface area contributed by atoms with Crippen LogP contribution in [-0.4, -0.2) is 27.6 Å². The first-order chi connectivity index (χ1) is 9.22. The van der Waals surface area contributed by atoms with Gasteiger partial charge in [-0.15, -0.1) is 0 Å². The summed E-state index contributed by atoms with van der Waals surface area (Å²) in [6, 6.07) is 4.70. The number of pyridine rings is 1. The lowest BCUT2D eigenvalue weighted by Crippen LogP contribution is -2.21. The van der Waals surface area contributed by atoms with Gasteiger partial charge in [-0.3, -0.25) is 0 Å². The molecule has 0 aliphatic carbocycles. The van der Waals surface area contributed by atoms with Crippen LogP contribution >= 0.6 is 11.8 Å². The summed E-state index contributed by atoms with van der Waals surface area (Å²) in [4.78, 5) is 4.54. The third-order valence-electron chi connectivity index (χ3n) is 3.16. The molecular formula is C15H23N3S. The average molecular weight is 277 g/mol.